The van der Waals surface area contributed by atoms with Gasteiger partial charge < -0.3 is 34.0 Å². The SMILES string of the molecule is CCCC1=[C-]CC=C1C.CCCC1=[C-]CC=C1C.[Br-].[Br-].[Hf+4]. The summed E-state index contributed by atoms with van der Waals surface area (Å²) >= 11 is 0. The minimum Gasteiger partial charge on any atom is -1.00 e. The Bertz CT molecular complexity index is 352. The third-order valence-corrected chi connectivity index (χ3v) is 3.40. The topological polar surface area (TPSA) is 0 Å². The minimum atomic E-state index is 0. The number of hydrogen-bond acceptors (Lipinski definition) is 0. The Morgan fingerprint density at radius 2 is 1.14 bits per heavy atom. The molecule has 0 nitrogen and oxygen atoms in total. The van der Waals surface area contributed by atoms with Gasteiger partial charge in [0.1, 0.15) is 0 Å². The fourth-order valence-corrected chi connectivity index (χ4v) is 2.25. The van der Waals surface area contributed by atoms with Gasteiger partial charge in [-0.15, -0.1) is 26.7 Å². The van der Waals surface area contributed by atoms with Crippen LogP contribution in [0.1, 0.15) is 66.2 Å². The average molecular weight is 581 g/mol. The maximum absolute atomic E-state index is 3.33. The number of hydrogen-bond donors (Lipinski definition) is 0. The summed E-state index contributed by atoms with van der Waals surface area (Å²) in [7, 11) is 0. The molecule has 0 aromatic rings. The van der Waals surface area contributed by atoms with Crippen LogP contribution >= 0.6 is 0 Å². The van der Waals surface area contributed by atoms with Gasteiger partial charge in [-0.2, -0.15) is 12.2 Å². The van der Waals surface area contributed by atoms with E-state index < -0.39 is 0 Å². The molecule has 0 bridgehead atoms. The van der Waals surface area contributed by atoms with Gasteiger partial charge in [0.25, 0.3) is 0 Å². The van der Waals surface area contributed by atoms with Crippen LogP contribution in [-0.4, -0.2) is 0 Å². The molecule has 3 heteroatoms. The normalized spacial score (nSPS) is 15.0. The molecular formula is C18H26Br2Hf. The fraction of sp³-hybridized carbons (Fsp3) is 0.556. The van der Waals surface area contributed by atoms with Crippen LogP contribution in [0.25, 0.3) is 0 Å². The van der Waals surface area contributed by atoms with Crippen molar-refractivity contribution < 1.29 is 59.8 Å². The van der Waals surface area contributed by atoms with Gasteiger partial charge in [-0.05, 0) is 0 Å². The predicted octanol–water partition coefficient (Wildman–Crippen LogP) is -0.262. The fourth-order valence-electron chi connectivity index (χ4n) is 2.25. The van der Waals surface area contributed by atoms with Gasteiger partial charge in [-0.3, -0.25) is 12.2 Å². The van der Waals surface area contributed by atoms with Crippen molar-refractivity contribution in [2.24, 2.45) is 0 Å². The molecule has 0 aliphatic heterocycles. The van der Waals surface area contributed by atoms with Crippen molar-refractivity contribution in [1.82, 2.24) is 0 Å². The van der Waals surface area contributed by atoms with E-state index in [0.717, 1.165) is 12.8 Å². The molecule has 0 N–H and O–H groups in total. The molecular weight excluding hydrogens is 554 g/mol. The average Bonchev–Trinajstić information content (AvgIpc) is 2.92. The Hall–Kier alpha value is 0.790. The number of halogens is 2. The van der Waals surface area contributed by atoms with E-state index in [1.165, 1.54) is 48.0 Å². The summed E-state index contributed by atoms with van der Waals surface area (Å²) in [5.74, 6) is 0. The van der Waals surface area contributed by atoms with Crippen LogP contribution in [0.4, 0.5) is 0 Å². The third kappa shape index (κ3) is 10.2. The molecule has 2 aliphatic carbocycles. The monoisotopic (exact) mass is 580 g/mol. The van der Waals surface area contributed by atoms with Crippen molar-refractivity contribution in [1.29, 1.82) is 0 Å². The first-order chi connectivity index (χ1) is 8.69. The third-order valence-electron chi connectivity index (χ3n) is 3.40. The molecule has 0 amide bonds. The Balaban J connectivity index is -0.000000270. The first-order valence-electron chi connectivity index (χ1n) is 7.22. The summed E-state index contributed by atoms with van der Waals surface area (Å²) in [6, 6.07) is 0. The maximum atomic E-state index is 3.33. The van der Waals surface area contributed by atoms with Crippen molar-refractivity contribution in [3.8, 4) is 0 Å². The van der Waals surface area contributed by atoms with E-state index in [2.05, 4.69) is 52.0 Å². The van der Waals surface area contributed by atoms with Crippen molar-refractivity contribution in [3.63, 3.8) is 0 Å². The first kappa shape index (κ1) is 26.7. The quantitative estimate of drug-likeness (QED) is 0.318. The Morgan fingerprint density at radius 1 is 0.810 bits per heavy atom. The summed E-state index contributed by atoms with van der Waals surface area (Å²) in [6.07, 6.45) is 18.1. The van der Waals surface area contributed by atoms with Crippen LogP contribution in [0, 0.1) is 12.2 Å². The van der Waals surface area contributed by atoms with Gasteiger partial charge in [0, 0.05) is 0 Å². The van der Waals surface area contributed by atoms with Crippen molar-refractivity contribution >= 4 is 0 Å². The zero-order chi connectivity index (χ0) is 13.4. The molecule has 0 spiro atoms. The molecule has 0 unspecified atom stereocenters. The van der Waals surface area contributed by atoms with E-state index >= 15 is 0 Å². The molecule has 0 saturated carbocycles. The summed E-state index contributed by atoms with van der Waals surface area (Å²) in [4.78, 5) is 0. The standard InChI is InChI=1S/2C9H13.2BrH.Hf/c2*1-3-5-9-7-4-6-8(9)2;;;/h2*6H,3-5H2,1-2H3;2*1H;/q2*-1;;;+4/p-2. The molecule has 0 aromatic carbocycles. The van der Waals surface area contributed by atoms with Gasteiger partial charge in [-0.25, -0.2) is 22.3 Å². The van der Waals surface area contributed by atoms with Gasteiger partial charge >= 0.3 is 25.8 Å². The van der Waals surface area contributed by atoms with E-state index in [1.807, 2.05) is 0 Å². The minimum absolute atomic E-state index is 0. The van der Waals surface area contributed by atoms with Crippen molar-refractivity contribution in [3.05, 3.63) is 46.6 Å². The molecule has 0 aromatic heterocycles. The zero-order valence-electron chi connectivity index (χ0n) is 13.7. The van der Waals surface area contributed by atoms with Crippen LogP contribution in [-0.2, 0) is 25.8 Å². The van der Waals surface area contributed by atoms with Gasteiger partial charge in [-0.1, -0.05) is 39.5 Å². The molecule has 0 saturated heterocycles. The van der Waals surface area contributed by atoms with Crippen LogP contribution in [0.15, 0.2) is 34.4 Å². The van der Waals surface area contributed by atoms with Gasteiger partial charge in [0.05, 0.1) is 0 Å². The van der Waals surface area contributed by atoms with Crippen LogP contribution in [0.2, 0.25) is 0 Å². The maximum Gasteiger partial charge on any atom is 4.00 e. The van der Waals surface area contributed by atoms with E-state index in [4.69, 9.17) is 0 Å². The van der Waals surface area contributed by atoms with Crippen LogP contribution < -0.4 is 34.0 Å². The Labute approximate surface area is 171 Å². The van der Waals surface area contributed by atoms with Crippen LogP contribution in [0.5, 0.6) is 0 Å². The van der Waals surface area contributed by atoms with Gasteiger partial charge in [0.2, 0.25) is 0 Å². The summed E-state index contributed by atoms with van der Waals surface area (Å²) in [5.41, 5.74) is 5.77. The molecule has 0 heterocycles. The molecule has 2 rings (SSSR count). The second-order valence-electron chi connectivity index (χ2n) is 4.99. The predicted molar refractivity (Wildman–Crippen MR) is 80.1 cm³/mol. The Morgan fingerprint density at radius 3 is 1.33 bits per heavy atom. The van der Waals surface area contributed by atoms with E-state index in [9.17, 15) is 0 Å². The smallest absolute Gasteiger partial charge is 1.00 e. The van der Waals surface area contributed by atoms with E-state index in [1.54, 1.807) is 0 Å². The van der Waals surface area contributed by atoms with E-state index in [-0.39, 0.29) is 59.8 Å². The van der Waals surface area contributed by atoms with E-state index in [0.29, 0.717) is 0 Å². The molecule has 0 radical (unpaired) electrons. The van der Waals surface area contributed by atoms with Gasteiger partial charge in [0.15, 0.2) is 0 Å². The van der Waals surface area contributed by atoms with Crippen molar-refractivity contribution in [2.45, 2.75) is 66.2 Å². The summed E-state index contributed by atoms with van der Waals surface area (Å²) < 4.78 is 0. The molecule has 0 fully saturated rings. The Kier molecular flexibility index (Phi) is 19.9. The molecule has 0 atom stereocenters. The zero-order valence-corrected chi connectivity index (χ0v) is 20.4. The molecule has 2 aliphatic rings. The molecule has 21 heavy (non-hydrogen) atoms. The second kappa shape index (κ2) is 15.7. The largest absolute Gasteiger partial charge is 4.00 e. The summed E-state index contributed by atoms with van der Waals surface area (Å²) in [6.45, 7) is 8.76. The van der Waals surface area contributed by atoms with Crippen molar-refractivity contribution in [2.75, 3.05) is 0 Å². The number of allylic oxidation sites excluding steroid dienone is 8. The summed E-state index contributed by atoms with van der Waals surface area (Å²) in [5, 5.41) is 0. The number of rotatable bonds is 4. The first-order valence-corrected chi connectivity index (χ1v) is 7.22. The van der Waals surface area contributed by atoms with Crippen LogP contribution in [0.3, 0.4) is 0 Å². The molecule has 116 valence electrons. The second-order valence-corrected chi connectivity index (χ2v) is 4.99.